The molecule has 4 heterocycles. The van der Waals surface area contributed by atoms with E-state index in [1.807, 2.05) is 66.3 Å². The van der Waals surface area contributed by atoms with Crippen LogP contribution in [0.4, 0.5) is 10.5 Å². The summed E-state index contributed by atoms with van der Waals surface area (Å²) in [6, 6.07) is 7.98. The molecule has 0 bridgehead atoms. The van der Waals surface area contributed by atoms with Gasteiger partial charge >= 0.3 is 6.03 Å². The van der Waals surface area contributed by atoms with Crippen molar-refractivity contribution in [1.82, 2.24) is 24.6 Å². The van der Waals surface area contributed by atoms with Crippen LogP contribution in [0, 0.1) is 0 Å². The summed E-state index contributed by atoms with van der Waals surface area (Å²) in [5.41, 5.74) is 2.62. The van der Waals surface area contributed by atoms with E-state index >= 15 is 0 Å². The summed E-state index contributed by atoms with van der Waals surface area (Å²) in [6.07, 6.45) is 3.87. The van der Waals surface area contributed by atoms with E-state index in [-0.39, 0.29) is 11.9 Å². The van der Waals surface area contributed by atoms with Crippen LogP contribution in [0.2, 0.25) is 0 Å². The third kappa shape index (κ3) is 2.66. The van der Waals surface area contributed by atoms with Crippen LogP contribution < -0.4 is 4.90 Å². The molecule has 2 aliphatic heterocycles. The van der Waals surface area contributed by atoms with E-state index in [1.54, 1.807) is 6.33 Å². The Kier molecular flexibility index (Phi) is 4.20. The van der Waals surface area contributed by atoms with Gasteiger partial charge in [0.05, 0.1) is 22.6 Å². The second kappa shape index (κ2) is 6.68. The van der Waals surface area contributed by atoms with Gasteiger partial charge in [0.15, 0.2) is 11.5 Å². The van der Waals surface area contributed by atoms with Gasteiger partial charge in [0.2, 0.25) is 0 Å². The summed E-state index contributed by atoms with van der Waals surface area (Å²) in [6.45, 7) is 9.73. The highest BCUT2D eigenvalue weighted by molar-refractivity contribution is 5.97. The van der Waals surface area contributed by atoms with Gasteiger partial charge in [-0.1, -0.05) is 31.1 Å². The molecule has 5 rings (SSSR count). The van der Waals surface area contributed by atoms with Crippen LogP contribution in [-0.2, 0) is 5.54 Å². The Morgan fingerprint density at radius 1 is 1.13 bits per heavy atom. The van der Waals surface area contributed by atoms with Crippen molar-refractivity contribution >= 4 is 11.7 Å². The van der Waals surface area contributed by atoms with Crippen LogP contribution in [0.1, 0.15) is 58.0 Å². The molecule has 30 heavy (non-hydrogen) atoms. The van der Waals surface area contributed by atoms with E-state index in [4.69, 9.17) is 4.52 Å². The Morgan fingerprint density at radius 3 is 2.50 bits per heavy atom. The smallest absolute Gasteiger partial charge is 0.325 e. The Morgan fingerprint density at radius 2 is 1.83 bits per heavy atom. The molecule has 8 heteroatoms. The zero-order valence-corrected chi connectivity index (χ0v) is 17.8. The van der Waals surface area contributed by atoms with Crippen LogP contribution in [0.5, 0.6) is 0 Å². The lowest BCUT2D eigenvalue weighted by atomic mass is 9.92. The Balaban J connectivity index is 1.69. The summed E-state index contributed by atoms with van der Waals surface area (Å²) < 4.78 is 7.60. The quantitative estimate of drug-likeness (QED) is 0.633. The number of fused-ring (bicyclic) bond motifs is 3. The number of urea groups is 1. The number of likely N-dealkylation sites (tertiary alicyclic amines) is 1. The zero-order chi connectivity index (χ0) is 21.0. The number of carbonyl (C=O) groups is 1. The second-order valence-corrected chi connectivity index (χ2v) is 8.78. The molecule has 1 fully saturated rings. The molecule has 156 valence electrons. The van der Waals surface area contributed by atoms with Gasteiger partial charge in [-0.15, -0.1) is 0 Å². The van der Waals surface area contributed by atoms with Crippen LogP contribution in [-0.4, -0.2) is 43.7 Å². The first kappa shape index (κ1) is 18.8. The van der Waals surface area contributed by atoms with Crippen molar-refractivity contribution in [3.05, 3.63) is 42.1 Å². The van der Waals surface area contributed by atoms with E-state index in [1.165, 1.54) is 0 Å². The molecule has 0 radical (unpaired) electrons. The maximum Gasteiger partial charge on any atom is 0.325 e. The first-order chi connectivity index (χ1) is 14.4. The highest BCUT2D eigenvalue weighted by atomic mass is 16.5. The first-order valence-electron chi connectivity index (χ1n) is 10.5. The second-order valence-electron chi connectivity index (χ2n) is 8.78. The molecule has 0 saturated carbocycles. The summed E-state index contributed by atoms with van der Waals surface area (Å²) in [4.78, 5) is 26.7. The molecule has 0 spiro atoms. The van der Waals surface area contributed by atoms with E-state index in [2.05, 4.69) is 15.1 Å². The maximum absolute atomic E-state index is 13.6. The lowest BCUT2D eigenvalue weighted by Gasteiger charge is -2.45. The average Bonchev–Trinajstić information content (AvgIpc) is 3.47. The topological polar surface area (TPSA) is 80.3 Å². The van der Waals surface area contributed by atoms with Crippen molar-refractivity contribution in [2.24, 2.45) is 0 Å². The molecule has 0 unspecified atom stereocenters. The third-order valence-electron chi connectivity index (χ3n) is 6.02. The molecule has 0 aliphatic carbocycles. The number of para-hydroxylation sites is 2. The van der Waals surface area contributed by atoms with Crippen LogP contribution >= 0.6 is 0 Å². The fraction of sp³-hybridized carbons (Fsp3) is 0.455. The number of carbonyl (C=O) groups excluding carboxylic acids is 1. The fourth-order valence-corrected chi connectivity index (χ4v) is 4.49. The van der Waals surface area contributed by atoms with Crippen molar-refractivity contribution in [2.45, 2.75) is 52.0 Å². The van der Waals surface area contributed by atoms with E-state index in [0.29, 0.717) is 17.4 Å². The molecular formula is C22H26N6O2. The van der Waals surface area contributed by atoms with Gasteiger partial charge in [0, 0.05) is 19.0 Å². The summed E-state index contributed by atoms with van der Waals surface area (Å²) in [5.74, 6) is 1.18. The number of rotatable bonds is 2. The highest BCUT2D eigenvalue weighted by Gasteiger charge is 2.46. The predicted molar refractivity (Wildman–Crippen MR) is 113 cm³/mol. The molecule has 3 aromatic rings. The molecule has 1 saturated heterocycles. The SMILES string of the molecule is CC(C)c1noc(-c2ncn3c2C(C)(C)N(C(=O)N2CCCC2)c2ccccc2-3)n1. The monoisotopic (exact) mass is 406 g/mol. The highest BCUT2D eigenvalue weighted by Crippen LogP contribution is 2.46. The molecule has 1 aromatic carbocycles. The van der Waals surface area contributed by atoms with E-state index < -0.39 is 5.54 Å². The van der Waals surface area contributed by atoms with E-state index in [0.717, 1.165) is 43.0 Å². The Bertz CT molecular complexity index is 1110. The minimum atomic E-state index is -0.660. The normalized spacial score (nSPS) is 17.4. The van der Waals surface area contributed by atoms with Gasteiger partial charge in [-0.3, -0.25) is 9.47 Å². The number of hydrogen-bond donors (Lipinski definition) is 0. The fourth-order valence-electron chi connectivity index (χ4n) is 4.49. The molecule has 2 aliphatic rings. The molecule has 8 nitrogen and oxygen atoms in total. The van der Waals surface area contributed by atoms with Crippen molar-refractivity contribution in [3.63, 3.8) is 0 Å². The van der Waals surface area contributed by atoms with Crippen molar-refractivity contribution < 1.29 is 9.32 Å². The number of benzene rings is 1. The van der Waals surface area contributed by atoms with Crippen molar-refractivity contribution in [2.75, 3.05) is 18.0 Å². The predicted octanol–water partition coefficient (Wildman–Crippen LogP) is 4.32. The average molecular weight is 406 g/mol. The lowest BCUT2D eigenvalue weighted by molar-refractivity contribution is 0.207. The minimum Gasteiger partial charge on any atom is -0.332 e. The van der Waals surface area contributed by atoms with Gasteiger partial charge in [0.25, 0.3) is 5.89 Å². The van der Waals surface area contributed by atoms with Gasteiger partial charge in [-0.05, 0) is 38.8 Å². The summed E-state index contributed by atoms with van der Waals surface area (Å²) >= 11 is 0. The summed E-state index contributed by atoms with van der Waals surface area (Å²) in [7, 11) is 0. The number of hydrogen-bond acceptors (Lipinski definition) is 5. The molecular weight excluding hydrogens is 380 g/mol. The zero-order valence-electron chi connectivity index (χ0n) is 17.8. The number of nitrogens with zero attached hydrogens (tertiary/aromatic N) is 6. The first-order valence-corrected chi connectivity index (χ1v) is 10.5. The van der Waals surface area contributed by atoms with Gasteiger partial charge in [0.1, 0.15) is 6.33 Å². The number of anilines is 1. The number of amides is 2. The molecule has 0 N–H and O–H groups in total. The van der Waals surface area contributed by atoms with Crippen molar-refractivity contribution in [1.29, 1.82) is 0 Å². The largest absolute Gasteiger partial charge is 0.332 e. The molecule has 2 aromatic heterocycles. The Hall–Kier alpha value is -3.16. The minimum absolute atomic E-state index is 0.0248. The maximum atomic E-state index is 13.6. The summed E-state index contributed by atoms with van der Waals surface area (Å²) in [5, 5.41) is 4.11. The number of imidazole rings is 1. The van der Waals surface area contributed by atoms with Crippen LogP contribution in [0.15, 0.2) is 35.1 Å². The van der Waals surface area contributed by atoms with Gasteiger partial charge in [-0.25, -0.2) is 9.78 Å². The lowest BCUT2D eigenvalue weighted by Crippen LogP contribution is -2.54. The number of aromatic nitrogens is 4. The van der Waals surface area contributed by atoms with Crippen LogP contribution in [0.3, 0.4) is 0 Å². The van der Waals surface area contributed by atoms with Gasteiger partial charge in [-0.2, -0.15) is 4.98 Å². The standard InChI is InChI=1S/C22H26N6O2/c1-14(2)19-24-20(30-25-19)17-18-22(3,4)28(21(29)26-11-7-8-12-26)16-10-6-5-9-15(16)27(18)13-23-17/h5-6,9-10,13-14H,7-8,11-12H2,1-4H3. The third-order valence-corrected chi connectivity index (χ3v) is 6.02. The van der Waals surface area contributed by atoms with Crippen molar-refractivity contribution in [3.8, 4) is 17.3 Å². The van der Waals surface area contributed by atoms with E-state index in [9.17, 15) is 4.79 Å². The molecule has 2 amide bonds. The van der Waals surface area contributed by atoms with Gasteiger partial charge < -0.3 is 9.42 Å². The van der Waals surface area contributed by atoms with Crippen LogP contribution in [0.25, 0.3) is 17.3 Å². The Labute approximate surface area is 175 Å². The molecule has 0 atom stereocenters.